The van der Waals surface area contributed by atoms with E-state index in [4.69, 9.17) is 0 Å². The molecule has 2 N–H and O–H groups in total. The van der Waals surface area contributed by atoms with Crippen molar-refractivity contribution in [2.24, 2.45) is 0 Å². The van der Waals surface area contributed by atoms with Crippen LogP contribution < -0.4 is 11.2 Å². The van der Waals surface area contributed by atoms with Gasteiger partial charge in [0, 0.05) is 37.0 Å². The van der Waals surface area contributed by atoms with E-state index in [1.165, 1.54) is 15.7 Å². The molecule has 1 amide bonds. The van der Waals surface area contributed by atoms with Crippen LogP contribution in [0, 0.1) is 13.8 Å². The Morgan fingerprint density at radius 3 is 2.76 bits per heavy atom. The van der Waals surface area contributed by atoms with Crippen molar-refractivity contribution in [3.8, 4) is 0 Å². The number of aromatic amines is 1. The zero-order chi connectivity index (χ0) is 20.9. The second-order valence-corrected chi connectivity index (χ2v) is 7.43. The number of hydrogen-bond acceptors (Lipinski definition) is 5. The van der Waals surface area contributed by atoms with Gasteiger partial charge < -0.3 is 14.6 Å². The molecule has 0 radical (unpaired) electrons. The fourth-order valence-corrected chi connectivity index (χ4v) is 4.01. The first-order chi connectivity index (χ1) is 13.8. The van der Waals surface area contributed by atoms with Crippen molar-refractivity contribution >= 4 is 16.9 Å². The van der Waals surface area contributed by atoms with Crippen LogP contribution in [0.2, 0.25) is 0 Å². The Balaban J connectivity index is 1.62. The van der Waals surface area contributed by atoms with E-state index in [9.17, 15) is 19.5 Å². The highest BCUT2D eigenvalue weighted by atomic mass is 16.3. The van der Waals surface area contributed by atoms with Crippen LogP contribution in [-0.2, 0) is 6.54 Å². The summed E-state index contributed by atoms with van der Waals surface area (Å²) in [5.74, 6) is 0.655. The molecule has 4 rings (SSSR count). The highest BCUT2D eigenvalue weighted by Gasteiger charge is 2.36. The summed E-state index contributed by atoms with van der Waals surface area (Å²) in [4.78, 5) is 45.1. The van der Waals surface area contributed by atoms with Gasteiger partial charge in [-0.3, -0.25) is 19.1 Å². The zero-order valence-corrected chi connectivity index (χ0v) is 16.5. The van der Waals surface area contributed by atoms with Crippen LogP contribution >= 0.6 is 0 Å². The predicted molar refractivity (Wildman–Crippen MR) is 107 cm³/mol. The van der Waals surface area contributed by atoms with Crippen molar-refractivity contribution < 1.29 is 9.90 Å². The van der Waals surface area contributed by atoms with E-state index >= 15 is 0 Å². The van der Waals surface area contributed by atoms with Crippen LogP contribution in [0.4, 0.5) is 0 Å². The summed E-state index contributed by atoms with van der Waals surface area (Å²) in [7, 11) is 0. The van der Waals surface area contributed by atoms with Crippen molar-refractivity contribution in [2.75, 3.05) is 13.1 Å². The summed E-state index contributed by atoms with van der Waals surface area (Å²) in [6.45, 7) is 6.63. The van der Waals surface area contributed by atoms with Gasteiger partial charge in [-0.15, -0.1) is 0 Å². The number of rotatable bonds is 3. The molecule has 1 fully saturated rings. The van der Waals surface area contributed by atoms with E-state index in [1.807, 2.05) is 19.9 Å². The molecule has 29 heavy (non-hydrogen) atoms. The summed E-state index contributed by atoms with van der Waals surface area (Å²) in [5, 5.41) is 10.5. The molecule has 0 unspecified atom stereocenters. The molecule has 9 nitrogen and oxygen atoms in total. The second-order valence-electron chi connectivity index (χ2n) is 7.43. The number of β-amino-alcohol motifs (C(OH)–C–C–N with tert-alkyl or cyclic N) is 1. The lowest BCUT2D eigenvalue weighted by atomic mass is 10.1. The van der Waals surface area contributed by atoms with E-state index in [0.717, 1.165) is 23.4 Å². The van der Waals surface area contributed by atoms with Crippen molar-refractivity contribution in [2.45, 2.75) is 39.5 Å². The molecule has 0 spiro atoms. The molecule has 2 aromatic heterocycles. The third kappa shape index (κ3) is 3.17. The predicted octanol–water partition coefficient (Wildman–Crippen LogP) is 0.581. The van der Waals surface area contributed by atoms with Crippen LogP contribution in [-0.4, -0.2) is 54.2 Å². The maximum absolute atomic E-state index is 13.0. The summed E-state index contributed by atoms with van der Waals surface area (Å²) in [5.41, 5.74) is 1.52. The van der Waals surface area contributed by atoms with Crippen LogP contribution in [0.15, 0.2) is 34.0 Å². The van der Waals surface area contributed by atoms with E-state index in [0.29, 0.717) is 11.1 Å². The van der Waals surface area contributed by atoms with Gasteiger partial charge in [-0.25, -0.2) is 9.78 Å². The number of aryl methyl sites for hydroxylation is 3. The second kappa shape index (κ2) is 7.00. The fraction of sp³-hybridized carbons (Fsp3) is 0.400. The van der Waals surface area contributed by atoms with Gasteiger partial charge in [0.05, 0.1) is 23.2 Å². The van der Waals surface area contributed by atoms with E-state index in [-0.39, 0.29) is 19.0 Å². The van der Waals surface area contributed by atoms with Gasteiger partial charge in [-0.2, -0.15) is 0 Å². The largest absolute Gasteiger partial charge is 0.389 e. The van der Waals surface area contributed by atoms with Gasteiger partial charge in [0.15, 0.2) is 0 Å². The maximum atomic E-state index is 13.0. The van der Waals surface area contributed by atoms with Crippen LogP contribution in [0.1, 0.15) is 34.7 Å². The van der Waals surface area contributed by atoms with Crippen molar-refractivity contribution in [1.29, 1.82) is 0 Å². The summed E-state index contributed by atoms with van der Waals surface area (Å²) >= 11 is 0. The number of nitrogens with one attached hydrogen (secondary N) is 1. The highest BCUT2D eigenvalue weighted by Crippen LogP contribution is 2.24. The Morgan fingerprint density at radius 1 is 1.28 bits per heavy atom. The minimum Gasteiger partial charge on any atom is -0.389 e. The fourth-order valence-electron chi connectivity index (χ4n) is 4.01. The highest BCUT2D eigenvalue weighted by molar-refractivity contribution is 5.97. The standard InChI is InChI=1S/C20H23N5O4/c1-4-24-12(3)21-14-7-13(5-6-15(14)24)19(28)23-9-16(17(26)10-23)25-8-11(2)18(27)22-20(25)29/h5-8,16-17,26H,4,9-10H2,1-3H3,(H,22,27,29)/t16-,17-/m1/s1. The Labute approximate surface area is 166 Å². The monoisotopic (exact) mass is 397 g/mol. The number of hydrogen-bond donors (Lipinski definition) is 2. The van der Waals surface area contributed by atoms with Gasteiger partial charge in [0.1, 0.15) is 5.82 Å². The van der Waals surface area contributed by atoms with Gasteiger partial charge in [0.2, 0.25) is 0 Å². The molecular formula is C20H23N5O4. The molecule has 2 atom stereocenters. The lowest BCUT2D eigenvalue weighted by Gasteiger charge is -2.18. The molecular weight excluding hydrogens is 374 g/mol. The normalized spacial score (nSPS) is 19.2. The molecule has 1 aliphatic rings. The lowest BCUT2D eigenvalue weighted by molar-refractivity contribution is 0.0765. The number of aliphatic hydroxyl groups is 1. The van der Waals surface area contributed by atoms with Gasteiger partial charge in [-0.1, -0.05) is 0 Å². The SMILES string of the molecule is CCn1c(C)nc2cc(C(=O)N3C[C@@H](O)[C@H](n4cc(C)c(=O)[nH]c4=O)C3)ccc21. The number of amides is 1. The first kappa shape index (κ1) is 19.1. The molecule has 0 aliphatic carbocycles. The Bertz CT molecular complexity index is 1220. The number of likely N-dealkylation sites (tertiary alicyclic amines) is 1. The van der Waals surface area contributed by atoms with E-state index < -0.39 is 23.4 Å². The molecule has 152 valence electrons. The third-order valence-corrected chi connectivity index (χ3v) is 5.55. The molecule has 1 aliphatic heterocycles. The molecule has 0 saturated carbocycles. The summed E-state index contributed by atoms with van der Waals surface area (Å²) in [6.07, 6.45) is 0.516. The van der Waals surface area contributed by atoms with Crippen LogP contribution in [0.25, 0.3) is 11.0 Å². The van der Waals surface area contributed by atoms with E-state index in [2.05, 4.69) is 14.5 Å². The average molecular weight is 397 g/mol. The number of H-pyrrole nitrogens is 1. The number of nitrogens with zero attached hydrogens (tertiary/aromatic N) is 4. The van der Waals surface area contributed by atoms with Crippen molar-refractivity contribution in [3.05, 3.63) is 62.2 Å². The first-order valence-corrected chi connectivity index (χ1v) is 9.56. The minimum atomic E-state index is -0.910. The number of fused-ring (bicyclic) bond motifs is 1. The molecule has 9 heteroatoms. The first-order valence-electron chi connectivity index (χ1n) is 9.56. The number of benzene rings is 1. The Kier molecular flexibility index (Phi) is 4.62. The molecule has 1 aromatic carbocycles. The quantitative estimate of drug-likeness (QED) is 0.671. The van der Waals surface area contributed by atoms with E-state index in [1.54, 1.807) is 19.1 Å². The molecule has 3 aromatic rings. The zero-order valence-electron chi connectivity index (χ0n) is 16.5. The van der Waals surface area contributed by atoms with Gasteiger partial charge in [-0.05, 0) is 39.0 Å². The number of carbonyl (C=O) groups is 1. The molecule has 0 bridgehead atoms. The summed E-state index contributed by atoms with van der Waals surface area (Å²) in [6, 6.07) is 4.78. The van der Waals surface area contributed by atoms with Gasteiger partial charge >= 0.3 is 5.69 Å². The molecule has 1 saturated heterocycles. The van der Waals surface area contributed by atoms with Crippen LogP contribution in [0.3, 0.4) is 0 Å². The lowest BCUT2D eigenvalue weighted by Crippen LogP contribution is -2.37. The number of imidazole rings is 1. The minimum absolute atomic E-state index is 0.106. The maximum Gasteiger partial charge on any atom is 0.328 e. The topological polar surface area (TPSA) is 113 Å². The van der Waals surface area contributed by atoms with Gasteiger partial charge in [0.25, 0.3) is 11.5 Å². The smallest absolute Gasteiger partial charge is 0.328 e. The van der Waals surface area contributed by atoms with Crippen molar-refractivity contribution in [1.82, 2.24) is 24.0 Å². The van der Waals surface area contributed by atoms with Crippen molar-refractivity contribution in [3.63, 3.8) is 0 Å². The summed E-state index contributed by atoms with van der Waals surface area (Å²) < 4.78 is 3.37. The number of carbonyl (C=O) groups excluding carboxylic acids is 1. The number of aromatic nitrogens is 4. The Hall–Kier alpha value is -3.20. The average Bonchev–Trinajstić information content (AvgIpc) is 3.22. The Morgan fingerprint density at radius 2 is 2.03 bits per heavy atom. The third-order valence-electron chi connectivity index (χ3n) is 5.55. The number of aliphatic hydroxyl groups excluding tert-OH is 1. The molecule has 3 heterocycles. The van der Waals surface area contributed by atoms with Crippen LogP contribution in [0.5, 0.6) is 0 Å².